The molecule has 0 saturated carbocycles. The van der Waals surface area contributed by atoms with Gasteiger partial charge in [-0.25, -0.2) is 4.39 Å². The normalized spacial score (nSPS) is 14.2. The van der Waals surface area contributed by atoms with Crippen LogP contribution in [-0.2, 0) is 0 Å². The number of nitrogens with one attached hydrogen (secondary N) is 1. The lowest BCUT2D eigenvalue weighted by Gasteiger charge is -2.17. The van der Waals surface area contributed by atoms with E-state index >= 15 is 0 Å². The van der Waals surface area contributed by atoms with Crippen LogP contribution < -0.4 is 5.32 Å². The van der Waals surface area contributed by atoms with Crippen molar-refractivity contribution < 1.29 is 4.39 Å². The van der Waals surface area contributed by atoms with Crippen LogP contribution in [0.15, 0.2) is 22.7 Å². The minimum Gasteiger partial charge on any atom is -0.296 e. The largest absolute Gasteiger partial charge is 0.296 e. The second-order valence-corrected chi connectivity index (χ2v) is 4.62. The Morgan fingerprint density at radius 3 is 2.81 bits per heavy atom. The molecular formula is C12H14BrFN2. The summed E-state index contributed by atoms with van der Waals surface area (Å²) < 4.78 is 14.3. The summed E-state index contributed by atoms with van der Waals surface area (Å²) in [5.41, 5.74) is 0.386. The van der Waals surface area contributed by atoms with Gasteiger partial charge in [0.25, 0.3) is 0 Å². The second-order valence-electron chi connectivity index (χ2n) is 3.70. The quantitative estimate of drug-likeness (QED) is 0.918. The lowest BCUT2D eigenvalue weighted by molar-refractivity contribution is 0.485. The van der Waals surface area contributed by atoms with Crippen molar-refractivity contribution in [3.05, 3.63) is 34.1 Å². The van der Waals surface area contributed by atoms with Crippen molar-refractivity contribution in [3.63, 3.8) is 0 Å². The molecule has 0 saturated heterocycles. The first kappa shape index (κ1) is 13.1. The average molecular weight is 285 g/mol. The fourth-order valence-electron chi connectivity index (χ4n) is 1.33. The Kier molecular flexibility index (Phi) is 4.91. The maximum Gasteiger partial charge on any atom is 0.129 e. The summed E-state index contributed by atoms with van der Waals surface area (Å²) in [5.74, 6) is -0.356. The second kappa shape index (κ2) is 5.97. The lowest BCUT2D eigenvalue weighted by atomic mass is 10.1. The third kappa shape index (κ3) is 3.29. The molecule has 2 unspecified atom stereocenters. The first-order chi connectivity index (χ1) is 7.58. The molecular weight excluding hydrogens is 271 g/mol. The fourth-order valence-corrected chi connectivity index (χ4v) is 1.71. The first-order valence-corrected chi connectivity index (χ1v) is 5.98. The third-order valence-corrected chi connectivity index (χ3v) is 2.95. The van der Waals surface area contributed by atoms with Crippen molar-refractivity contribution in [2.75, 3.05) is 0 Å². The van der Waals surface area contributed by atoms with Gasteiger partial charge >= 0.3 is 0 Å². The van der Waals surface area contributed by atoms with E-state index in [2.05, 4.69) is 27.3 Å². The molecule has 86 valence electrons. The van der Waals surface area contributed by atoms with Crippen LogP contribution in [0.2, 0.25) is 0 Å². The molecule has 2 atom stereocenters. The average Bonchev–Trinajstić information content (AvgIpc) is 2.29. The van der Waals surface area contributed by atoms with E-state index in [1.807, 2.05) is 13.8 Å². The number of nitrogens with zero attached hydrogens (tertiary/aromatic N) is 1. The van der Waals surface area contributed by atoms with E-state index in [0.717, 1.165) is 10.9 Å². The topological polar surface area (TPSA) is 35.8 Å². The van der Waals surface area contributed by atoms with Crippen LogP contribution in [0.3, 0.4) is 0 Å². The molecule has 0 aromatic heterocycles. The van der Waals surface area contributed by atoms with Gasteiger partial charge in [0.15, 0.2) is 0 Å². The molecule has 4 heteroatoms. The molecule has 0 aliphatic heterocycles. The highest BCUT2D eigenvalue weighted by Crippen LogP contribution is 2.22. The van der Waals surface area contributed by atoms with Gasteiger partial charge in [0, 0.05) is 16.1 Å². The van der Waals surface area contributed by atoms with Crippen molar-refractivity contribution in [1.82, 2.24) is 5.32 Å². The van der Waals surface area contributed by atoms with E-state index in [1.54, 1.807) is 12.1 Å². The molecule has 1 aromatic carbocycles. The van der Waals surface area contributed by atoms with Crippen LogP contribution in [0.25, 0.3) is 0 Å². The molecule has 0 aliphatic rings. The van der Waals surface area contributed by atoms with Crippen LogP contribution in [0.4, 0.5) is 4.39 Å². The summed E-state index contributed by atoms with van der Waals surface area (Å²) in [5, 5.41) is 12.1. The van der Waals surface area contributed by atoms with Crippen LogP contribution >= 0.6 is 15.9 Å². The van der Waals surface area contributed by atoms with Gasteiger partial charge < -0.3 is 0 Å². The highest BCUT2D eigenvalue weighted by atomic mass is 79.9. The summed E-state index contributed by atoms with van der Waals surface area (Å²) >= 11 is 3.27. The van der Waals surface area contributed by atoms with E-state index in [9.17, 15) is 4.39 Å². The Bertz CT molecular complexity index is 400. The number of rotatable bonds is 4. The Balaban J connectivity index is 2.95. The molecule has 0 bridgehead atoms. The molecule has 0 fully saturated rings. The monoisotopic (exact) mass is 284 g/mol. The SMILES string of the molecule is CCC(C)NC(C#N)c1cc(Br)ccc1F. The van der Waals surface area contributed by atoms with Gasteiger partial charge in [-0.3, -0.25) is 5.32 Å². The van der Waals surface area contributed by atoms with E-state index in [-0.39, 0.29) is 11.9 Å². The van der Waals surface area contributed by atoms with E-state index in [0.29, 0.717) is 5.56 Å². The van der Waals surface area contributed by atoms with Crippen molar-refractivity contribution >= 4 is 15.9 Å². The molecule has 2 nitrogen and oxygen atoms in total. The number of hydrogen-bond donors (Lipinski definition) is 1. The van der Waals surface area contributed by atoms with Gasteiger partial charge in [0.05, 0.1) is 6.07 Å². The highest BCUT2D eigenvalue weighted by molar-refractivity contribution is 9.10. The fraction of sp³-hybridized carbons (Fsp3) is 0.417. The number of hydrogen-bond acceptors (Lipinski definition) is 2. The highest BCUT2D eigenvalue weighted by Gasteiger charge is 2.16. The predicted octanol–water partition coefficient (Wildman–Crippen LogP) is 3.54. The number of benzene rings is 1. The van der Waals surface area contributed by atoms with Gasteiger partial charge in [0.1, 0.15) is 11.9 Å². The summed E-state index contributed by atoms with van der Waals surface area (Å²) in [4.78, 5) is 0. The summed E-state index contributed by atoms with van der Waals surface area (Å²) in [6.45, 7) is 3.99. The van der Waals surface area contributed by atoms with Crippen molar-refractivity contribution in [2.45, 2.75) is 32.4 Å². The Morgan fingerprint density at radius 1 is 1.56 bits per heavy atom. The Hall–Kier alpha value is -0.920. The summed E-state index contributed by atoms with van der Waals surface area (Å²) in [7, 11) is 0. The molecule has 0 heterocycles. The minimum atomic E-state index is -0.604. The smallest absolute Gasteiger partial charge is 0.129 e. The standard InChI is InChI=1S/C12H14BrFN2/c1-3-8(2)16-12(7-15)10-6-9(13)4-5-11(10)14/h4-6,8,12,16H,3H2,1-2H3. The molecule has 16 heavy (non-hydrogen) atoms. The molecule has 0 amide bonds. The van der Waals surface area contributed by atoms with Crippen LogP contribution in [0, 0.1) is 17.1 Å². The predicted molar refractivity (Wildman–Crippen MR) is 65.3 cm³/mol. The molecule has 1 N–H and O–H groups in total. The van der Waals surface area contributed by atoms with E-state index in [1.165, 1.54) is 6.07 Å². The van der Waals surface area contributed by atoms with Crippen molar-refractivity contribution in [1.29, 1.82) is 5.26 Å². The molecule has 1 aromatic rings. The molecule has 0 aliphatic carbocycles. The van der Waals surface area contributed by atoms with Crippen LogP contribution in [0.1, 0.15) is 31.9 Å². The zero-order chi connectivity index (χ0) is 12.1. The molecule has 0 radical (unpaired) electrons. The molecule has 0 spiro atoms. The van der Waals surface area contributed by atoms with Gasteiger partial charge in [-0.1, -0.05) is 22.9 Å². The third-order valence-electron chi connectivity index (χ3n) is 2.46. The van der Waals surface area contributed by atoms with Gasteiger partial charge in [-0.05, 0) is 31.5 Å². The minimum absolute atomic E-state index is 0.183. The zero-order valence-electron chi connectivity index (χ0n) is 9.30. The van der Waals surface area contributed by atoms with Gasteiger partial charge in [-0.15, -0.1) is 0 Å². The first-order valence-electron chi connectivity index (χ1n) is 5.19. The Labute approximate surface area is 104 Å². The summed E-state index contributed by atoms with van der Waals surface area (Å²) in [6, 6.07) is 6.28. The maximum absolute atomic E-state index is 13.5. The maximum atomic E-state index is 13.5. The van der Waals surface area contributed by atoms with Crippen molar-refractivity contribution in [2.24, 2.45) is 0 Å². The van der Waals surface area contributed by atoms with Crippen LogP contribution in [0.5, 0.6) is 0 Å². The zero-order valence-corrected chi connectivity index (χ0v) is 10.9. The van der Waals surface area contributed by atoms with Gasteiger partial charge in [-0.2, -0.15) is 5.26 Å². The van der Waals surface area contributed by atoms with E-state index < -0.39 is 6.04 Å². The van der Waals surface area contributed by atoms with Gasteiger partial charge in [0.2, 0.25) is 0 Å². The number of halogens is 2. The van der Waals surface area contributed by atoms with Crippen LogP contribution in [-0.4, -0.2) is 6.04 Å². The Morgan fingerprint density at radius 2 is 2.25 bits per heavy atom. The number of nitriles is 1. The van der Waals surface area contributed by atoms with E-state index in [4.69, 9.17) is 5.26 Å². The summed E-state index contributed by atoms with van der Waals surface area (Å²) in [6.07, 6.45) is 0.897. The molecule has 1 rings (SSSR count). The van der Waals surface area contributed by atoms with Crippen molar-refractivity contribution in [3.8, 4) is 6.07 Å². The lowest BCUT2D eigenvalue weighted by Crippen LogP contribution is -2.29.